The lowest BCUT2D eigenvalue weighted by molar-refractivity contribution is -0.384. The van der Waals surface area contributed by atoms with Gasteiger partial charge in [0, 0.05) is 36.2 Å². The number of nitrogens with zero attached hydrogens (tertiary/aromatic N) is 3. The quantitative estimate of drug-likeness (QED) is 0.116. The number of non-ortho nitro benzene ring substituents is 1. The molecule has 200 valence electrons. The molecule has 1 heterocycles. The Kier molecular flexibility index (Phi) is 8.01. The molecule has 0 N–H and O–H groups in total. The van der Waals surface area contributed by atoms with Crippen LogP contribution >= 0.6 is 0 Å². The third kappa shape index (κ3) is 5.35. The summed E-state index contributed by atoms with van der Waals surface area (Å²) in [5, 5.41) is 11.6. The minimum Gasteiger partial charge on any atom is -0.258 e. The molecule has 39 heavy (non-hydrogen) atoms. The van der Waals surface area contributed by atoms with E-state index in [2.05, 4.69) is 12.5 Å². The summed E-state index contributed by atoms with van der Waals surface area (Å²) in [5.74, 6) is 2.36. The molecule has 11 heteroatoms. The molecule has 0 unspecified atom stereocenters. The van der Waals surface area contributed by atoms with E-state index in [9.17, 15) is 26.9 Å². The van der Waals surface area contributed by atoms with Crippen LogP contribution in [0.1, 0.15) is 11.3 Å². The molecule has 9 nitrogen and oxygen atoms in total. The molecule has 0 spiro atoms. The van der Waals surface area contributed by atoms with Gasteiger partial charge in [-0.3, -0.25) is 10.1 Å². The van der Waals surface area contributed by atoms with Crippen molar-refractivity contribution in [1.29, 1.82) is 0 Å². The van der Waals surface area contributed by atoms with E-state index in [1.807, 2.05) is 0 Å². The van der Waals surface area contributed by atoms with Gasteiger partial charge in [0.1, 0.15) is 0 Å². The lowest BCUT2D eigenvalue weighted by Gasteiger charge is -2.20. The van der Waals surface area contributed by atoms with E-state index in [0.29, 0.717) is 22.2 Å². The number of allylic oxidation sites excluding steroid dienone is 1. The highest BCUT2D eigenvalue weighted by Gasteiger charge is 2.29. The van der Waals surface area contributed by atoms with Crippen LogP contribution in [0.5, 0.6) is 0 Å². The van der Waals surface area contributed by atoms with Crippen LogP contribution in [0.3, 0.4) is 0 Å². The van der Waals surface area contributed by atoms with Crippen LogP contribution in [0.2, 0.25) is 0 Å². The van der Waals surface area contributed by atoms with E-state index in [0.717, 1.165) is 16.4 Å². The van der Waals surface area contributed by atoms with Crippen LogP contribution in [0.15, 0.2) is 101 Å². The summed E-state index contributed by atoms with van der Waals surface area (Å²) in [5.41, 5.74) is 1.36. The number of aromatic nitrogens is 1. The molecule has 0 aliphatic heterocycles. The maximum atomic E-state index is 13.8. The van der Waals surface area contributed by atoms with Crippen molar-refractivity contribution >= 4 is 36.6 Å². The smallest absolute Gasteiger partial charge is 0.258 e. The summed E-state index contributed by atoms with van der Waals surface area (Å²) in [6, 6.07) is 19.7. The molecule has 3 aromatic carbocycles. The molecule has 0 amide bonds. The molecule has 0 saturated heterocycles. The van der Waals surface area contributed by atoms with E-state index in [4.69, 9.17) is 6.42 Å². The van der Waals surface area contributed by atoms with Crippen molar-refractivity contribution in [2.24, 2.45) is 0 Å². The predicted octanol–water partition coefficient (Wildman–Crippen LogP) is 4.38. The van der Waals surface area contributed by atoms with Gasteiger partial charge in [-0.05, 0) is 42.3 Å². The summed E-state index contributed by atoms with van der Waals surface area (Å²) < 4.78 is 56.7. The van der Waals surface area contributed by atoms with Crippen LogP contribution in [-0.4, -0.2) is 43.1 Å². The zero-order chi connectivity index (χ0) is 28.2. The minimum absolute atomic E-state index is 0.0486. The average molecular weight is 564 g/mol. The van der Waals surface area contributed by atoms with Gasteiger partial charge in [-0.2, -0.15) is 4.31 Å². The zero-order valence-electron chi connectivity index (χ0n) is 20.8. The summed E-state index contributed by atoms with van der Waals surface area (Å²) in [7, 11) is -8.08. The van der Waals surface area contributed by atoms with E-state index < -0.39 is 25.0 Å². The Morgan fingerprint density at radius 2 is 1.59 bits per heavy atom. The molecule has 4 rings (SSSR count). The Balaban J connectivity index is 1.79. The number of para-hydroxylation sites is 1. The van der Waals surface area contributed by atoms with Crippen molar-refractivity contribution in [3.8, 4) is 12.3 Å². The maximum absolute atomic E-state index is 13.8. The highest BCUT2D eigenvalue weighted by Crippen LogP contribution is 2.32. The standard InChI is InChI=1S/C28H25N3O6S2/c1-3-10-27-26(19-21-29(20-4-2)38(34,35)24-17-15-22(16-18-24)31(32)33)25-13-8-9-14-28(25)30(27)39(36,37)23-11-6-5-7-12-23/h2-3,5-9,11-18H,1,10,19-21H2. The number of hydrogen-bond donors (Lipinski definition) is 0. The first-order chi connectivity index (χ1) is 18.6. The predicted molar refractivity (Wildman–Crippen MR) is 149 cm³/mol. The van der Waals surface area contributed by atoms with Crippen LogP contribution in [0.4, 0.5) is 5.69 Å². The lowest BCUT2D eigenvalue weighted by atomic mass is 10.1. The maximum Gasteiger partial charge on any atom is 0.269 e. The highest BCUT2D eigenvalue weighted by molar-refractivity contribution is 7.90. The molecule has 0 fully saturated rings. The van der Waals surface area contributed by atoms with E-state index >= 15 is 0 Å². The number of terminal acetylenes is 1. The molecule has 4 aromatic rings. The monoisotopic (exact) mass is 563 g/mol. The van der Waals surface area contributed by atoms with Crippen molar-refractivity contribution in [1.82, 2.24) is 8.28 Å². The number of fused-ring (bicyclic) bond motifs is 1. The number of nitro benzene ring substituents is 1. The van der Waals surface area contributed by atoms with E-state index in [-0.39, 0.29) is 41.4 Å². The topological polar surface area (TPSA) is 120 Å². The molecule has 0 saturated carbocycles. The molecule has 1 aromatic heterocycles. The number of benzene rings is 3. The second kappa shape index (κ2) is 11.2. The zero-order valence-corrected chi connectivity index (χ0v) is 22.4. The SMILES string of the molecule is C#CCN(CCc1c(CC=C)n(S(=O)(=O)c2ccccc2)c2ccccc12)S(=O)(=O)c1ccc([N+](=O)[O-])cc1. The fourth-order valence-electron chi connectivity index (χ4n) is 4.43. The summed E-state index contributed by atoms with van der Waals surface area (Å²) in [6.45, 7) is 3.51. The third-order valence-corrected chi connectivity index (χ3v) is 9.85. The fourth-order valence-corrected chi connectivity index (χ4v) is 7.39. The molecular weight excluding hydrogens is 538 g/mol. The first kappa shape index (κ1) is 27.8. The Morgan fingerprint density at radius 3 is 2.21 bits per heavy atom. The Bertz CT molecular complexity index is 1790. The number of nitro groups is 1. The van der Waals surface area contributed by atoms with Crippen LogP contribution in [0.25, 0.3) is 10.9 Å². The molecule has 0 aliphatic rings. The van der Waals surface area contributed by atoms with Crippen LogP contribution < -0.4 is 0 Å². The summed E-state index contributed by atoms with van der Waals surface area (Å²) in [4.78, 5) is 10.4. The summed E-state index contributed by atoms with van der Waals surface area (Å²) >= 11 is 0. The van der Waals surface area contributed by atoms with Crippen LogP contribution in [-0.2, 0) is 32.9 Å². The second-order valence-electron chi connectivity index (χ2n) is 8.56. The number of hydrogen-bond acceptors (Lipinski definition) is 6. The fraction of sp³-hybridized carbons (Fsp3) is 0.143. The van der Waals surface area contributed by atoms with Gasteiger partial charge in [-0.25, -0.2) is 20.8 Å². The van der Waals surface area contributed by atoms with Gasteiger partial charge >= 0.3 is 0 Å². The largest absolute Gasteiger partial charge is 0.269 e. The number of rotatable bonds is 11. The molecule has 0 atom stereocenters. The van der Waals surface area contributed by atoms with Gasteiger partial charge in [0.05, 0.1) is 26.8 Å². The molecule has 0 radical (unpaired) electrons. The minimum atomic E-state index is -4.10. The van der Waals surface area contributed by atoms with Gasteiger partial charge in [0.15, 0.2) is 0 Å². The van der Waals surface area contributed by atoms with Crippen molar-refractivity contribution < 1.29 is 21.8 Å². The summed E-state index contributed by atoms with van der Waals surface area (Å²) in [6.07, 6.45) is 7.47. The lowest BCUT2D eigenvalue weighted by Crippen LogP contribution is -2.33. The van der Waals surface area contributed by atoms with E-state index in [1.165, 1.54) is 28.2 Å². The van der Waals surface area contributed by atoms with Crippen molar-refractivity contribution in [3.05, 3.63) is 113 Å². The van der Waals surface area contributed by atoms with Crippen LogP contribution in [0, 0.1) is 22.5 Å². The van der Waals surface area contributed by atoms with Gasteiger partial charge in [0.2, 0.25) is 10.0 Å². The van der Waals surface area contributed by atoms with E-state index in [1.54, 1.807) is 48.5 Å². The average Bonchev–Trinajstić information content (AvgIpc) is 3.25. The highest BCUT2D eigenvalue weighted by atomic mass is 32.2. The van der Waals surface area contributed by atoms with Gasteiger partial charge in [-0.15, -0.1) is 13.0 Å². The third-order valence-electron chi connectivity index (χ3n) is 6.22. The van der Waals surface area contributed by atoms with Gasteiger partial charge in [0.25, 0.3) is 15.7 Å². The number of sulfonamides is 1. The Labute approximate surface area is 227 Å². The Morgan fingerprint density at radius 1 is 0.949 bits per heavy atom. The molecule has 0 aliphatic carbocycles. The van der Waals surface area contributed by atoms with Gasteiger partial charge < -0.3 is 0 Å². The Hall–Kier alpha value is -4.24. The van der Waals surface area contributed by atoms with Crippen molar-refractivity contribution in [2.45, 2.75) is 22.6 Å². The van der Waals surface area contributed by atoms with Gasteiger partial charge in [-0.1, -0.05) is 48.4 Å². The first-order valence-corrected chi connectivity index (χ1v) is 14.7. The van der Waals surface area contributed by atoms with Crippen molar-refractivity contribution in [3.63, 3.8) is 0 Å². The second-order valence-corrected chi connectivity index (χ2v) is 12.3. The molecular formula is C28H25N3O6S2. The first-order valence-electron chi connectivity index (χ1n) is 11.8. The molecule has 0 bridgehead atoms. The van der Waals surface area contributed by atoms with Crippen molar-refractivity contribution in [2.75, 3.05) is 13.1 Å². The normalized spacial score (nSPS) is 11.9.